The van der Waals surface area contributed by atoms with E-state index in [2.05, 4.69) is 22.1 Å². The summed E-state index contributed by atoms with van der Waals surface area (Å²) in [4.78, 5) is 15.8. The number of amides is 1. The van der Waals surface area contributed by atoms with Gasteiger partial charge in [0, 0.05) is 11.2 Å². The smallest absolute Gasteiger partial charge is 0.253 e. The molecule has 112 valence electrons. The quantitative estimate of drug-likeness (QED) is 0.873. The van der Waals surface area contributed by atoms with Crippen molar-refractivity contribution in [2.24, 2.45) is 0 Å². The van der Waals surface area contributed by atoms with Gasteiger partial charge in [-0.1, -0.05) is 35.0 Å². The van der Waals surface area contributed by atoms with Gasteiger partial charge in [-0.3, -0.25) is 9.78 Å². The number of rotatable bonds is 4. The van der Waals surface area contributed by atoms with Gasteiger partial charge in [0.25, 0.3) is 5.91 Å². The molecule has 4 nitrogen and oxygen atoms in total. The zero-order valence-corrected chi connectivity index (χ0v) is 13.0. The summed E-state index contributed by atoms with van der Waals surface area (Å²) in [5.41, 5.74) is 0.322. The van der Waals surface area contributed by atoms with Crippen molar-refractivity contribution in [2.75, 3.05) is 13.2 Å². The van der Waals surface area contributed by atoms with E-state index >= 15 is 0 Å². The lowest BCUT2D eigenvalue weighted by Gasteiger charge is -2.04. The lowest BCUT2D eigenvalue weighted by Crippen LogP contribution is -2.24. The van der Waals surface area contributed by atoms with Gasteiger partial charge in [-0.2, -0.15) is 0 Å². The van der Waals surface area contributed by atoms with Crippen LogP contribution >= 0.6 is 23.2 Å². The van der Waals surface area contributed by atoms with Crippen molar-refractivity contribution in [3.8, 4) is 17.6 Å². The molecule has 0 atom stereocenters. The maximum Gasteiger partial charge on any atom is 0.253 e. The van der Waals surface area contributed by atoms with Crippen LogP contribution in [-0.4, -0.2) is 24.0 Å². The molecule has 2 rings (SSSR count). The number of aromatic nitrogens is 1. The second-order valence-electron chi connectivity index (χ2n) is 4.14. The molecule has 1 heterocycles. The molecule has 0 radical (unpaired) electrons. The first-order valence-corrected chi connectivity index (χ1v) is 7.14. The van der Waals surface area contributed by atoms with Crippen molar-refractivity contribution in [1.29, 1.82) is 0 Å². The molecule has 0 aliphatic carbocycles. The summed E-state index contributed by atoms with van der Waals surface area (Å²) in [6, 6.07) is 8.27. The third kappa shape index (κ3) is 4.96. The Labute approximate surface area is 138 Å². The molecule has 0 aliphatic heterocycles. The Morgan fingerprint density at radius 3 is 2.91 bits per heavy atom. The van der Waals surface area contributed by atoms with E-state index in [4.69, 9.17) is 27.9 Å². The number of nitrogens with zero attached hydrogens (tertiary/aromatic N) is 1. The van der Waals surface area contributed by atoms with Crippen molar-refractivity contribution in [1.82, 2.24) is 10.3 Å². The molecule has 22 heavy (non-hydrogen) atoms. The Bertz CT molecular complexity index is 709. The number of pyridine rings is 1. The van der Waals surface area contributed by atoms with Crippen LogP contribution in [0.3, 0.4) is 0 Å². The number of nitrogens with one attached hydrogen (secondary N) is 1. The molecule has 2 aromatic rings. The van der Waals surface area contributed by atoms with Crippen LogP contribution in [0.2, 0.25) is 10.0 Å². The third-order valence-electron chi connectivity index (χ3n) is 2.58. The van der Waals surface area contributed by atoms with Crippen LogP contribution in [-0.2, 0) is 0 Å². The fraction of sp³-hybridized carbons (Fsp3) is 0.125. The van der Waals surface area contributed by atoms with Gasteiger partial charge in [0.2, 0.25) is 0 Å². The molecule has 0 saturated carbocycles. The summed E-state index contributed by atoms with van der Waals surface area (Å²) in [5.74, 6) is 5.90. The van der Waals surface area contributed by atoms with Crippen LogP contribution in [0.25, 0.3) is 0 Å². The minimum atomic E-state index is -0.324. The Morgan fingerprint density at radius 1 is 1.27 bits per heavy atom. The molecule has 1 aromatic heterocycles. The average molecular weight is 335 g/mol. The van der Waals surface area contributed by atoms with Gasteiger partial charge in [-0.15, -0.1) is 0 Å². The van der Waals surface area contributed by atoms with E-state index in [0.717, 1.165) is 0 Å². The highest BCUT2D eigenvalue weighted by Gasteiger charge is 2.09. The van der Waals surface area contributed by atoms with Gasteiger partial charge in [-0.05, 0) is 30.3 Å². The molecular weight excluding hydrogens is 323 g/mol. The van der Waals surface area contributed by atoms with Gasteiger partial charge in [-0.25, -0.2) is 0 Å². The zero-order chi connectivity index (χ0) is 15.8. The molecule has 0 saturated heterocycles. The van der Waals surface area contributed by atoms with Crippen molar-refractivity contribution in [3.05, 3.63) is 58.3 Å². The van der Waals surface area contributed by atoms with Crippen LogP contribution in [0.4, 0.5) is 0 Å². The van der Waals surface area contributed by atoms with Gasteiger partial charge in [0.05, 0.1) is 23.3 Å². The van der Waals surface area contributed by atoms with E-state index in [1.165, 1.54) is 6.07 Å². The predicted molar refractivity (Wildman–Crippen MR) is 86.3 cm³/mol. The summed E-state index contributed by atoms with van der Waals surface area (Å²) in [5, 5.41) is 3.43. The number of hydrogen-bond donors (Lipinski definition) is 1. The highest BCUT2D eigenvalue weighted by molar-refractivity contribution is 6.35. The van der Waals surface area contributed by atoms with Gasteiger partial charge >= 0.3 is 0 Å². The van der Waals surface area contributed by atoms with Crippen molar-refractivity contribution in [2.45, 2.75) is 0 Å². The third-order valence-corrected chi connectivity index (χ3v) is 3.15. The predicted octanol–water partition coefficient (Wildman–Crippen LogP) is 3.20. The summed E-state index contributed by atoms with van der Waals surface area (Å²) >= 11 is 11.8. The average Bonchev–Trinajstić information content (AvgIpc) is 2.54. The van der Waals surface area contributed by atoms with E-state index in [1.54, 1.807) is 36.7 Å². The summed E-state index contributed by atoms with van der Waals surface area (Å²) in [7, 11) is 0. The molecule has 0 aliphatic rings. The van der Waals surface area contributed by atoms with Crippen LogP contribution in [0.5, 0.6) is 5.75 Å². The number of halogens is 2. The molecular formula is C16H12Cl2N2O2. The van der Waals surface area contributed by atoms with Crippen LogP contribution < -0.4 is 10.1 Å². The number of carbonyl (C=O) groups excluding carboxylic acids is 1. The molecule has 0 bridgehead atoms. The molecule has 1 amide bonds. The van der Waals surface area contributed by atoms with Crippen LogP contribution in [0.1, 0.15) is 10.4 Å². The summed E-state index contributed by atoms with van der Waals surface area (Å²) < 4.78 is 5.35. The molecule has 1 N–H and O–H groups in total. The number of ether oxygens (including phenoxy) is 1. The lowest BCUT2D eigenvalue weighted by atomic mass is 10.2. The van der Waals surface area contributed by atoms with Gasteiger partial charge in [0.15, 0.2) is 0 Å². The van der Waals surface area contributed by atoms with Gasteiger partial charge in [0.1, 0.15) is 12.4 Å². The summed E-state index contributed by atoms with van der Waals surface area (Å²) in [6.07, 6.45) is 3.26. The van der Waals surface area contributed by atoms with Crippen molar-refractivity contribution in [3.63, 3.8) is 0 Å². The maximum atomic E-state index is 11.9. The monoisotopic (exact) mass is 334 g/mol. The van der Waals surface area contributed by atoms with E-state index in [1.807, 2.05) is 0 Å². The Balaban J connectivity index is 1.78. The topological polar surface area (TPSA) is 51.2 Å². The fourth-order valence-electron chi connectivity index (χ4n) is 1.56. The first-order valence-electron chi connectivity index (χ1n) is 6.38. The Kier molecular flexibility index (Phi) is 6.08. The molecule has 0 unspecified atom stereocenters. The number of benzene rings is 1. The highest BCUT2D eigenvalue weighted by Crippen LogP contribution is 2.20. The van der Waals surface area contributed by atoms with E-state index in [0.29, 0.717) is 21.4 Å². The largest absolute Gasteiger partial charge is 0.479 e. The highest BCUT2D eigenvalue weighted by atomic mass is 35.5. The van der Waals surface area contributed by atoms with Crippen molar-refractivity contribution >= 4 is 29.1 Å². The molecule has 0 fully saturated rings. The Morgan fingerprint density at radius 2 is 2.14 bits per heavy atom. The van der Waals surface area contributed by atoms with Crippen molar-refractivity contribution < 1.29 is 9.53 Å². The number of hydrogen-bond acceptors (Lipinski definition) is 3. The molecule has 6 heteroatoms. The first kappa shape index (κ1) is 16.2. The minimum Gasteiger partial charge on any atom is -0.479 e. The minimum absolute atomic E-state index is 0.193. The maximum absolute atomic E-state index is 11.9. The second kappa shape index (κ2) is 8.28. The fourth-order valence-corrected chi connectivity index (χ4v) is 1.93. The summed E-state index contributed by atoms with van der Waals surface area (Å²) in [6.45, 7) is 0.414. The molecule has 0 spiro atoms. The lowest BCUT2D eigenvalue weighted by molar-refractivity contribution is 0.0959. The normalized spacial score (nSPS) is 9.55. The first-order chi connectivity index (χ1) is 10.7. The van der Waals surface area contributed by atoms with Crippen LogP contribution in [0.15, 0.2) is 42.7 Å². The van der Waals surface area contributed by atoms with E-state index < -0.39 is 0 Å². The van der Waals surface area contributed by atoms with Gasteiger partial charge < -0.3 is 10.1 Å². The number of carbonyl (C=O) groups is 1. The van der Waals surface area contributed by atoms with E-state index in [-0.39, 0.29) is 19.1 Å². The molecule has 1 aromatic carbocycles. The zero-order valence-electron chi connectivity index (χ0n) is 11.5. The second-order valence-corrected chi connectivity index (χ2v) is 4.98. The van der Waals surface area contributed by atoms with E-state index in [9.17, 15) is 4.79 Å². The Hall–Kier alpha value is -2.22. The SMILES string of the molecule is O=C(NCC#CCOc1cccnc1)c1cc(Cl)ccc1Cl. The standard InChI is InChI=1S/C16H12Cl2N2O2/c17-12-5-6-15(18)14(10-12)16(21)20-8-1-2-9-22-13-4-3-7-19-11-13/h3-7,10-11H,8-9H2,(H,20,21). The van der Waals surface area contributed by atoms with Crippen LogP contribution in [0, 0.1) is 11.8 Å².